The molecule has 0 saturated carbocycles. The number of esters is 1. The lowest BCUT2D eigenvalue weighted by Crippen LogP contribution is -2.14. The summed E-state index contributed by atoms with van der Waals surface area (Å²) >= 11 is 3.97. The van der Waals surface area contributed by atoms with Crippen molar-refractivity contribution in [3.63, 3.8) is 0 Å². The molecule has 0 aromatic heterocycles. The molecule has 0 aromatic rings. The van der Waals surface area contributed by atoms with Gasteiger partial charge in [0.1, 0.15) is 0 Å². The summed E-state index contributed by atoms with van der Waals surface area (Å²) in [6.45, 7) is 23.6. The molecule has 5 heteroatoms. The lowest BCUT2D eigenvalue weighted by Gasteiger charge is -2.09. The number of carbonyl (C=O) groups is 1. The quantitative estimate of drug-likeness (QED) is 0.0595. The van der Waals surface area contributed by atoms with E-state index in [0.717, 1.165) is 56.2 Å². The number of allylic oxidation sites excluding steroid dienone is 2. The van der Waals surface area contributed by atoms with Crippen LogP contribution in [0.2, 0.25) is 0 Å². The summed E-state index contributed by atoms with van der Waals surface area (Å²) in [7, 11) is 0. The number of nitrogens with zero attached hydrogens (tertiary/aromatic N) is 1. The molecule has 0 bridgehead atoms. The Morgan fingerprint density at radius 3 is 1.51 bits per heavy atom. The molecule has 0 unspecified atom stereocenters. The third-order valence-electron chi connectivity index (χ3n) is 5.91. The van der Waals surface area contributed by atoms with Crippen molar-refractivity contribution >= 4 is 30.2 Å². The molecule has 0 aliphatic carbocycles. The second-order valence-corrected chi connectivity index (χ2v) is 9.90. The Morgan fingerprint density at radius 1 is 0.659 bits per heavy atom. The van der Waals surface area contributed by atoms with Gasteiger partial charge in [0.25, 0.3) is 0 Å². The first kappa shape index (κ1) is 49.6. The second kappa shape index (κ2) is 48.6. The molecule has 0 fully saturated rings. The van der Waals surface area contributed by atoms with Crippen molar-refractivity contribution in [2.45, 2.75) is 198 Å². The van der Waals surface area contributed by atoms with Gasteiger partial charge >= 0.3 is 5.97 Å². The van der Waals surface area contributed by atoms with E-state index >= 15 is 0 Å². The standard InChI is InChI=1S/C13H26O2.C12H22N2S.C7H16.2C2H6/c1-3-5-6-7-8-9-10-11-13(14)15-12-4-2;1-4-7-9-10(6-3)12(14-15)11(13)8-5-2;1-3-5-7-6-4-2;2*1-2/h3-12H2,1-2H3;9,13,15H,4-8H2,1-3H3;3-7H2,1-2H3;2*1-2H3/b;10-9+,13-11?,14-12-;;;. The molecular weight excluding hydrogens is 524 g/mol. The van der Waals surface area contributed by atoms with Crippen molar-refractivity contribution in [2.24, 2.45) is 4.40 Å². The average Bonchev–Trinajstić information content (AvgIpc) is 3.00. The van der Waals surface area contributed by atoms with E-state index in [-0.39, 0.29) is 5.97 Å². The van der Waals surface area contributed by atoms with Gasteiger partial charge in [-0.3, -0.25) is 4.79 Å². The fraction of sp³-hybridized carbons (Fsp3) is 0.861. The number of thiol groups is 1. The van der Waals surface area contributed by atoms with Gasteiger partial charge < -0.3 is 10.1 Å². The summed E-state index contributed by atoms with van der Waals surface area (Å²) in [5.74, 6) is -0.0228. The molecule has 0 saturated heterocycles. The Balaban J connectivity index is -0.000000157. The second-order valence-electron chi connectivity index (χ2n) is 9.70. The zero-order valence-electron chi connectivity index (χ0n) is 29.9. The highest BCUT2D eigenvalue weighted by Crippen LogP contribution is 2.11. The van der Waals surface area contributed by atoms with Crippen LogP contribution in [-0.4, -0.2) is 24.0 Å². The van der Waals surface area contributed by atoms with Gasteiger partial charge in [0.15, 0.2) is 0 Å². The van der Waals surface area contributed by atoms with Gasteiger partial charge in [0, 0.05) is 6.42 Å². The normalized spacial score (nSPS) is 10.4. The maximum atomic E-state index is 11.1. The van der Waals surface area contributed by atoms with Crippen molar-refractivity contribution < 1.29 is 9.53 Å². The van der Waals surface area contributed by atoms with Crippen LogP contribution in [0.1, 0.15) is 198 Å². The molecule has 0 aliphatic heterocycles. The highest BCUT2D eigenvalue weighted by molar-refractivity contribution is 7.79. The van der Waals surface area contributed by atoms with Gasteiger partial charge in [-0.1, -0.05) is 166 Å². The number of unbranched alkanes of at least 4 members (excludes halogenated alkanes) is 11. The molecule has 1 N–H and O–H groups in total. The van der Waals surface area contributed by atoms with E-state index in [1.54, 1.807) is 0 Å². The summed E-state index contributed by atoms with van der Waals surface area (Å²) in [5, 5.41) is 7.89. The summed E-state index contributed by atoms with van der Waals surface area (Å²) in [6, 6.07) is 0. The third-order valence-corrected chi connectivity index (χ3v) is 6.11. The van der Waals surface area contributed by atoms with E-state index in [1.165, 1.54) is 70.6 Å². The maximum absolute atomic E-state index is 11.1. The number of ether oxygens (including phenoxy) is 1. The van der Waals surface area contributed by atoms with Crippen LogP contribution in [0.3, 0.4) is 0 Å². The first-order valence-corrected chi connectivity index (χ1v) is 18.0. The van der Waals surface area contributed by atoms with E-state index in [2.05, 4.69) is 64.8 Å². The van der Waals surface area contributed by atoms with Crippen LogP contribution in [0.15, 0.2) is 16.0 Å². The van der Waals surface area contributed by atoms with Crippen molar-refractivity contribution in [1.82, 2.24) is 0 Å². The Morgan fingerprint density at radius 2 is 1.12 bits per heavy atom. The van der Waals surface area contributed by atoms with Crippen molar-refractivity contribution in [3.05, 3.63) is 11.6 Å². The minimum Gasteiger partial charge on any atom is -0.466 e. The molecule has 0 radical (unpaired) electrons. The summed E-state index contributed by atoms with van der Waals surface area (Å²) in [6.07, 6.45) is 24.3. The SMILES string of the molecule is CC.CC.CCC/C=C(CC)/C(=N/S)C(=N)CCC.CCCCCCC.CCCCCCCCCC(=O)OCCC. The topological polar surface area (TPSA) is 62.5 Å². The Labute approximate surface area is 265 Å². The van der Waals surface area contributed by atoms with Gasteiger partial charge in [0.2, 0.25) is 0 Å². The van der Waals surface area contributed by atoms with Crippen LogP contribution in [0.4, 0.5) is 0 Å². The van der Waals surface area contributed by atoms with Crippen LogP contribution in [0.25, 0.3) is 0 Å². The fourth-order valence-corrected chi connectivity index (χ4v) is 3.85. The van der Waals surface area contributed by atoms with Crippen LogP contribution < -0.4 is 0 Å². The van der Waals surface area contributed by atoms with E-state index in [1.807, 2.05) is 34.6 Å². The van der Waals surface area contributed by atoms with E-state index < -0.39 is 0 Å². The van der Waals surface area contributed by atoms with Gasteiger partial charge in [-0.05, 0) is 50.5 Å². The molecule has 248 valence electrons. The molecule has 4 nitrogen and oxygen atoms in total. The van der Waals surface area contributed by atoms with Gasteiger partial charge in [0.05, 0.1) is 18.0 Å². The van der Waals surface area contributed by atoms with E-state index in [4.69, 9.17) is 10.1 Å². The minimum absolute atomic E-state index is 0.0228. The molecule has 41 heavy (non-hydrogen) atoms. The van der Waals surface area contributed by atoms with Gasteiger partial charge in [-0.25, -0.2) is 4.40 Å². The maximum Gasteiger partial charge on any atom is 0.305 e. The summed E-state index contributed by atoms with van der Waals surface area (Å²) in [4.78, 5) is 11.1. The molecule has 0 atom stereocenters. The van der Waals surface area contributed by atoms with Crippen molar-refractivity contribution in [1.29, 1.82) is 5.41 Å². The van der Waals surface area contributed by atoms with Crippen LogP contribution in [0, 0.1) is 5.41 Å². The zero-order chi connectivity index (χ0) is 32.6. The number of carbonyl (C=O) groups excluding carboxylic acids is 1. The molecule has 0 aliphatic rings. The molecular formula is C36H76N2O2S. The molecule has 0 aromatic carbocycles. The van der Waals surface area contributed by atoms with Crippen molar-refractivity contribution in [2.75, 3.05) is 6.61 Å². The van der Waals surface area contributed by atoms with Gasteiger partial charge in [-0.15, -0.1) is 0 Å². The number of hydrogen-bond donors (Lipinski definition) is 2. The smallest absolute Gasteiger partial charge is 0.305 e. The first-order valence-electron chi connectivity index (χ1n) is 17.6. The lowest BCUT2D eigenvalue weighted by molar-refractivity contribution is -0.143. The summed E-state index contributed by atoms with van der Waals surface area (Å²) in [5.41, 5.74) is 2.54. The Kier molecular flexibility index (Phi) is 58.8. The zero-order valence-corrected chi connectivity index (χ0v) is 30.8. The predicted molar refractivity (Wildman–Crippen MR) is 193 cm³/mol. The first-order chi connectivity index (χ1) is 19.9. The predicted octanol–water partition coefficient (Wildman–Crippen LogP) is 13.3. The minimum atomic E-state index is -0.0228. The largest absolute Gasteiger partial charge is 0.466 e. The lowest BCUT2D eigenvalue weighted by atomic mass is 9.99. The Hall–Kier alpha value is -1.10. The molecule has 0 spiro atoms. The third kappa shape index (κ3) is 43.5. The number of hydrogen-bond acceptors (Lipinski definition) is 5. The molecule has 0 rings (SSSR count). The molecule has 0 heterocycles. The summed E-state index contributed by atoms with van der Waals surface area (Å²) < 4.78 is 8.95. The highest BCUT2D eigenvalue weighted by Gasteiger charge is 2.10. The monoisotopic (exact) mass is 601 g/mol. The average molecular weight is 601 g/mol. The van der Waals surface area contributed by atoms with Crippen LogP contribution in [-0.2, 0) is 9.53 Å². The number of rotatable bonds is 21. The molecule has 0 amide bonds. The van der Waals surface area contributed by atoms with Crippen LogP contribution >= 0.6 is 12.8 Å². The number of nitrogens with one attached hydrogen (secondary N) is 1. The van der Waals surface area contributed by atoms with Crippen LogP contribution in [0.5, 0.6) is 0 Å². The van der Waals surface area contributed by atoms with E-state index in [0.29, 0.717) is 18.7 Å². The van der Waals surface area contributed by atoms with Crippen molar-refractivity contribution in [3.8, 4) is 0 Å². The van der Waals surface area contributed by atoms with E-state index in [9.17, 15) is 4.79 Å². The fourth-order valence-electron chi connectivity index (χ4n) is 3.61. The highest BCUT2D eigenvalue weighted by atomic mass is 32.1. The Bertz CT molecular complexity index is 556. The van der Waals surface area contributed by atoms with Gasteiger partial charge in [-0.2, -0.15) is 0 Å².